The summed E-state index contributed by atoms with van der Waals surface area (Å²) in [6, 6.07) is 7.53. The Morgan fingerprint density at radius 2 is 1.82 bits per heavy atom. The zero-order valence-corrected chi connectivity index (χ0v) is 14.0. The number of rotatable bonds is 5. The topological polar surface area (TPSA) is 66.5 Å². The van der Waals surface area contributed by atoms with Crippen molar-refractivity contribution in [1.29, 1.82) is 0 Å². The Morgan fingerprint density at radius 3 is 2.36 bits per heavy atom. The fourth-order valence-corrected chi connectivity index (χ4v) is 3.87. The van der Waals surface area contributed by atoms with Gasteiger partial charge in [0.05, 0.1) is 5.75 Å². The lowest BCUT2D eigenvalue weighted by molar-refractivity contribution is -0.130. The van der Waals surface area contributed by atoms with E-state index < -0.39 is 10.0 Å². The summed E-state index contributed by atoms with van der Waals surface area (Å²) in [5.74, 6) is 0.418. The van der Waals surface area contributed by atoms with Gasteiger partial charge in [0.1, 0.15) is 0 Å². The molecule has 1 heterocycles. The van der Waals surface area contributed by atoms with Crippen LogP contribution in [-0.4, -0.2) is 38.9 Å². The molecule has 22 heavy (non-hydrogen) atoms. The fourth-order valence-electron chi connectivity index (χ4n) is 2.65. The van der Waals surface area contributed by atoms with E-state index in [2.05, 4.69) is 4.72 Å². The Bertz CT molecular complexity index is 603. The molecule has 1 aliphatic heterocycles. The summed E-state index contributed by atoms with van der Waals surface area (Å²) in [4.78, 5) is 13.1. The van der Waals surface area contributed by atoms with Crippen LogP contribution in [0.25, 0.3) is 0 Å². The van der Waals surface area contributed by atoms with Gasteiger partial charge in [-0.05, 0) is 31.2 Å². The van der Waals surface area contributed by atoms with E-state index in [0.717, 1.165) is 37.1 Å². The van der Waals surface area contributed by atoms with Crippen LogP contribution >= 0.6 is 0 Å². The highest BCUT2D eigenvalue weighted by molar-refractivity contribution is 7.88. The van der Waals surface area contributed by atoms with Gasteiger partial charge in [-0.25, -0.2) is 13.1 Å². The monoisotopic (exact) mass is 324 g/mol. The number of benzene rings is 1. The molecule has 122 valence electrons. The van der Waals surface area contributed by atoms with Crippen molar-refractivity contribution in [3.63, 3.8) is 0 Å². The first-order chi connectivity index (χ1) is 10.4. The summed E-state index contributed by atoms with van der Waals surface area (Å²) < 4.78 is 27.0. The number of aryl methyl sites for hydroxylation is 1. The Hall–Kier alpha value is -1.40. The van der Waals surface area contributed by atoms with Crippen molar-refractivity contribution >= 4 is 15.9 Å². The zero-order valence-electron chi connectivity index (χ0n) is 13.2. The molecule has 0 spiro atoms. The van der Waals surface area contributed by atoms with Crippen LogP contribution in [0.4, 0.5) is 0 Å². The maximum absolute atomic E-state index is 12.1. The molecule has 0 bridgehead atoms. The first kappa shape index (κ1) is 17.0. The van der Waals surface area contributed by atoms with Gasteiger partial charge in [-0.15, -0.1) is 0 Å². The Labute approximate surface area is 132 Å². The molecule has 0 radical (unpaired) electrons. The molecule has 5 nitrogen and oxygen atoms in total. The van der Waals surface area contributed by atoms with Crippen molar-refractivity contribution in [3.8, 4) is 0 Å². The standard InChI is InChI=1S/C16H24N2O3S/c1-13-3-5-16(6-4-13)12-22(20,21)17-11-15-7-9-18(10-8-15)14(2)19/h3-6,15,17H,7-12H2,1-2H3. The molecule has 1 aliphatic rings. The summed E-state index contributed by atoms with van der Waals surface area (Å²) in [6.07, 6.45) is 1.71. The molecule has 0 unspecified atom stereocenters. The predicted octanol–water partition coefficient (Wildman–Crippen LogP) is 1.67. The van der Waals surface area contributed by atoms with E-state index >= 15 is 0 Å². The van der Waals surface area contributed by atoms with E-state index in [4.69, 9.17) is 0 Å². The molecule has 1 aromatic carbocycles. The number of nitrogens with zero attached hydrogens (tertiary/aromatic N) is 1. The Morgan fingerprint density at radius 1 is 1.23 bits per heavy atom. The zero-order chi connectivity index (χ0) is 16.2. The van der Waals surface area contributed by atoms with Gasteiger partial charge in [0, 0.05) is 26.6 Å². The van der Waals surface area contributed by atoms with Gasteiger partial charge in [-0.1, -0.05) is 29.8 Å². The van der Waals surface area contributed by atoms with Crippen LogP contribution in [0.3, 0.4) is 0 Å². The summed E-state index contributed by atoms with van der Waals surface area (Å²) in [6.45, 7) is 5.45. The lowest BCUT2D eigenvalue weighted by Crippen LogP contribution is -2.40. The van der Waals surface area contributed by atoms with E-state index in [1.54, 1.807) is 6.92 Å². The molecule has 2 rings (SSSR count). The third-order valence-electron chi connectivity index (χ3n) is 4.13. The highest BCUT2D eigenvalue weighted by Crippen LogP contribution is 2.17. The normalized spacial score (nSPS) is 16.7. The molecule has 6 heteroatoms. The Kier molecular flexibility index (Phi) is 5.58. The highest BCUT2D eigenvalue weighted by atomic mass is 32.2. The van der Waals surface area contributed by atoms with Gasteiger partial charge in [-0.3, -0.25) is 4.79 Å². The smallest absolute Gasteiger partial charge is 0.219 e. The van der Waals surface area contributed by atoms with Crippen LogP contribution in [0.5, 0.6) is 0 Å². The second-order valence-corrected chi connectivity index (χ2v) is 7.85. The highest BCUT2D eigenvalue weighted by Gasteiger charge is 2.22. The quantitative estimate of drug-likeness (QED) is 0.896. The van der Waals surface area contributed by atoms with Gasteiger partial charge >= 0.3 is 0 Å². The minimum Gasteiger partial charge on any atom is -0.343 e. The molecule has 0 aromatic heterocycles. The van der Waals surface area contributed by atoms with E-state index in [9.17, 15) is 13.2 Å². The lowest BCUT2D eigenvalue weighted by atomic mass is 9.97. The average Bonchev–Trinajstić information content (AvgIpc) is 2.48. The SMILES string of the molecule is CC(=O)N1CCC(CNS(=O)(=O)Cc2ccc(C)cc2)CC1. The largest absolute Gasteiger partial charge is 0.343 e. The van der Waals surface area contributed by atoms with E-state index in [-0.39, 0.29) is 11.7 Å². The van der Waals surface area contributed by atoms with Crippen molar-refractivity contribution in [1.82, 2.24) is 9.62 Å². The number of hydrogen-bond donors (Lipinski definition) is 1. The number of nitrogens with one attached hydrogen (secondary N) is 1. The number of piperidine rings is 1. The second kappa shape index (κ2) is 7.24. The first-order valence-corrected chi connectivity index (χ1v) is 9.29. The Balaban J connectivity index is 1.80. The van der Waals surface area contributed by atoms with Gasteiger partial charge < -0.3 is 4.90 Å². The van der Waals surface area contributed by atoms with Gasteiger partial charge in [0.15, 0.2) is 0 Å². The molecule has 1 fully saturated rings. The third-order valence-corrected chi connectivity index (χ3v) is 5.45. The summed E-state index contributed by atoms with van der Waals surface area (Å²) >= 11 is 0. The third kappa shape index (κ3) is 5.10. The molecular weight excluding hydrogens is 300 g/mol. The van der Waals surface area contributed by atoms with Crippen LogP contribution in [-0.2, 0) is 20.6 Å². The van der Waals surface area contributed by atoms with Gasteiger partial charge in [0.2, 0.25) is 15.9 Å². The lowest BCUT2D eigenvalue weighted by Gasteiger charge is -2.31. The number of carbonyl (C=O) groups excluding carboxylic acids is 1. The van der Waals surface area contributed by atoms with Crippen LogP contribution in [0.1, 0.15) is 30.9 Å². The molecule has 0 saturated carbocycles. The van der Waals surface area contributed by atoms with Crippen LogP contribution < -0.4 is 4.72 Å². The van der Waals surface area contributed by atoms with Crippen molar-refractivity contribution in [2.45, 2.75) is 32.4 Å². The van der Waals surface area contributed by atoms with Crippen molar-refractivity contribution in [2.24, 2.45) is 5.92 Å². The van der Waals surface area contributed by atoms with E-state index in [1.165, 1.54) is 0 Å². The first-order valence-electron chi connectivity index (χ1n) is 7.64. The number of amides is 1. The average molecular weight is 324 g/mol. The molecule has 1 aromatic rings. The maximum atomic E-state index is 12.1. The van der Waals surface area contributed by atoms with Crippen molar-refractivity contribution < 1.29 is 13.2 Å². The summed E-state index contributed by atoms with van der Waals surface area (Å²) in [5.41, 5.74) is 1.91. The maximum Gasteiger partial charge on any atom is 0.219 e. The van der Waals surface area contributed by atoms with Crippen LogP contribution in [0, 0.1) is 12.8 Å². The summed E-state index contributed by atoms with van der Waals surface area (Å²) in [7, 11) is -3.31. The van der Waals surface area contributed by atoms with Crippen molar-refractivity contribution in [3.05, 3.63) is 35.4 Å². The number of hydrogen-bond acceptors (Lipinski definition) is 3. The predicted molar refractivity (Wildman–Crippen MR) is 86.8 cm³/mol. The number of carbonyl (C=O) groups is 1. The molecule has 1 N–H and O–H groups in total. The van der Waals surface area contributed by atoms with E-state index in [0.29, 0.717) is 12.5 Å². The van der Waals surface area contributed by atoms with Gasteiger partial charge in [-0.2, -0.15) is 0 Å². The van der Waals surface area contributed by atoms with E-state index in [1.807, 2.05) is 36.1 Å². The van der Waals surface area contributed by atoms with Crippen molar-refractivity contribution in [2.75, 3.05) is 19.6 Å². The fraction of sp³-hybridized carbons (Fsp3) is 0.562. The minimum absolute atomic E-state index is 0.0135. The minimum atomic E-state index is -3.31. The van der Waals surface area contributed by atoms with Crippen LogP contribution in [0.2, 0.25) is 0 Å². The molecular formula is C16H24N2O3S. The molecule has 0 atom stereocenters. The summed E-state index contributed by atoms with van der Waals surface area (Å²) in [5, 5.41) is 0. The number of likely N-dealkylation sites (tertiary alicyclic amines) is 1. The molecule has 0 aliphatic carbocycles. The number of sulfonamides is 1. The molecule has 1 saturated heterocycles. The van der Waals surface area contributed by atoms with Crippen LogP contribution in [0.15, 0.2) is 24.3 Å². The second-order valence-electron chi connectivity index (χ2n) is 6.04. The molecule has 1 amide bonds. The van der Waals surface area contributed by atoms with Gasteiger partial charge in [0.25, 0.3) is 0 Å².